The molecular weight excluding hydrogens is 332 g/mol. The van der Waals surface area contributed by atoms with Crippen molar-refractivity contribution >= 4 is 28.4 Å². The predicted octanol–water partition coefficient (Wildman–Crippen LogP) is 4.36. The van der Waals surface area contributed by atoms with Gasteiger partial charge in [-0.15, -0.1) is 10.2 Å². The number of para-hydroxylation sites is 1. The lowest BCUT2D eigenvalue weighted by atomic mass is 10.1. The molecule has 2 aromatic carbocycles. The molecule has 5 rings (SSSR count). The van der Waals surface area contributed by atoms with Crippen molar-refractivity contribution in [2.24, 2.45) is 5.10 Å². The lowest BCUT2D eigenvalue weighted by Gasteiger charge is -2.12. The first kappa shape index (κ1) is 14.5. The number of fused-ring (bicyclic) bond motifs is 2. The summed E-state index contributed by atoms with van der Waals surface area (Å²) in [6.45, 7) is 2.07. The largest absolute Gasteiger partial charge is 0.455 e. The van der Waals surface area contributed by atoms with Crippen molar-refractivity contribution in [3.05, 3.63) is 65.9 Å². The fourth-order valence-corrected chi connectivity index (χ4v) is 3.78. The highest BCUT2D eigenvalue weighted by Crippen LogP contribution is 2.30. The third-order valence-electron chi connectivity index (χ3n) is 4.27. The van der Waals surface area contributed by atoms with Gasteiger partial charge in [0.1, 0.15) is 11.3 Å². The molecule has 122 valence electrons. The Kier molecular flexibility index (Phi) is 3.24. The highest BCUT2D eigenvalue weighted by molar-refractivity contribution is 7.99. The van der Waals surface area contributed by atoms with Crippen LogP contribution >= 0.6 is 11.8 Å². The Morgan fingerprint density at radius 3 is 2.76 bits per heavy atom. The van der Waals surface area contributed by atoms with Crippen LogP contribution in [0.2, 0.25) is 0 Å². The van der Waals surface area contributed by atoms with Gasteiger partial charge in [-0.05, 0) is 24.6 Å². The standard InChI is InChI=1S/C19H14N4OS/c1-12-6-2-4-8-14(12)18-20-21-19-23(18)22-15(11-25-19)17-10-13-7-3-5-9-16(13)24-17/h2-10H,11H2,1H3. The average Bonchev–Trinajstić information content (AvgIpc) is 3.25. The smallest absolute Gasteiger partial charge is 0.212 e. The molecule has 1 aliphatic heterocycles. The average molecular weight is 346 g/mol. The molecule has 0 saturated carbocycles. The molecule has 0 spiro atoms. The minimum atomic E-state index is 0.714. The summed E-state index contributed by atoms with van der Waals surface area (Å²) in [5, 5.41) is 15.3. The fraction of sp³-hybridized carbons (Fsp3) is 0.105. The Bertz CT molecular complexity index is 1090. The summed E-state index contributed by atoms with van der Waals surface area (Å²) in [4.78, 5) is 0. The molecule has 0 unspecified atom stereocenters. The van der Waals surface area contributed by atoms with Crippen molar-refractivity contribution < 1.29 is 4.42 Å². The van der Waals surface area contributed by atoms with E-state index in [1.807, 2.05) is 53.2 Å². The van der Waals surface area contributed by atoms with Crippen LogP contribution in [0.4, 0.5) is 0 Å². The zero-order valence-corrected chi connectivity index (χ0v) is 14.3. The molecule has 2 aromatic heterocycles. The molecule has 0 aliphatic carbocycles. The first-order valence-corrected chi connectivity index (χ1v) is 8.99. The molecule has 0 amide bonds. The summed E-state index contributed by atoms with van der Waals surface area (Å²) in [5.41, 5.74) is 3.95. The van der Waals surface area contributed by atoms with Crippen molar-refractivity contribution in [1.29, 1.82) is 0 Å². The minimum Gasteiger partial charge on any atom is -0.455 e. The summed E-state index contributed by atoms with van der Waals surface area (Å²) in [7, 11) is 0. The molecule has 4 aromatic rings. The summed E-state index contributed by atoms with van der Waals surface area (Å²) >= 11 is 1.62. The van der Waals surface area contributed by atoms with Crippen LogP contribution in [0.5, 0.6) is 0 Å². The second-order valence-electron chi connectivity index (χ2n) is 5.92. The van der Waals surface area contributed by atoms with E-state index in [1.54, 1.807) is 11.8 Å². The van der Waals surface area contributed by atoms with Gasteiger partial charge in [0.15, 0.2) is 11.6 Å². The maximum absolute atomic E-state index is 5.97. The SMILES string of the molecule is Cc1ccccc1-c1nnc2n1N=C(c1cc3ccccc3o1)CS2. The fourth-order valence-electron chi connectivity index (χ4n) is 2.96. The van der Waals surface area contributed by atoms with Gasteiger partial charge in [-0.25, -0.2) is 0 Å². The Balaban J connectivity index is 1.64. The number of aryl methyl sites for hydroxylation is 1. The number of aromatic nitrogens is 3. The number of hydrogen-bond donors (Lipinski definition) is 0. The normalized spacial score (nSPS) is 13.7. The van der Waals surface area contributed by atoms with Gasteiger partial charge >= 0.3 is 0 Å². The number of nitrogens with zero attached hydrogens (tertiary/aromatic N) is 4. The molecule has 0 radical (unpaired) electrons. The van der Waals surface area contributed by atoms with Gasteiger partial charge in [0.2, 0.25) is 5.16 Å². The molecule has 5 nitrogen and oxygen atoms in total. The van der Waals surface area contributed by atoms with E-state index in [2.05, 4.69) is 23.2 Å². The summed E-state index contributed by atoms with van der Waals surface area (Å²) in [6, 6.07) is 18.2. The van der Waals surface area contributed by atoms with Crippen LogP contribution in [-0.4, -0.2) is 26.3 Å². The van der Waals surface area contributed by atoms with Crippen LogP contribution < -0.4 is 0 Å². The zero-order valence-electron chi connectivity index (χ0n) is 13.5. The number of hydrogen-bond acceptors (Lipinski definition) is 5. The number of rotatable bonds is 2. The van der Waals surface area contributed by atoms with Gasteiger partial charge in [0.25, 0.3) is 0 Å². The number of furan rings is 1. The van der Waals surface area contributed by atoms with E-state index in [1.165, 1.54) is 0 Å². The summed E-state index contributed by atoms with van der Waals surface area (Å²) < 4.78 is 7.79. The Hall–Kier alpha value is -2.86. The van der Waals surface area contributed by atoms with Gasteiger partial charge in [-0.1, -0.05) is 54.2 Å². The van der Waals surface area contributed by atoms with E-state index >= 15 is 0 Å². The zero-order chi connectivity index (χ0) is 16.8. The third kappa shape index (κ3) is 2.37. The van der Waals surface area contributed by atoms with E-state index < -0.39 is 0 Å². The van der Waals surface area contributed by atoms with E-state index in [9.17, 15) is 0 Å². The molecule has 0 N–H and O–H groups in total. The van der Waals surface area contributed by atoms with Crippen LogP contribution in [0.3, 0.4) is 0 Å². The van der Waals surface area contributed by atoms with Crippen LogP contribution in [0, 0.1) is 6.92 Å². The van der Waals surface area contributed by atoms with Gasteiger partial charge in [-0.3, -0.25) is 0 Å². The van der Waals surface area contributed by atoms with E-state index in [0.29, 0.717) is 5.75 Å². The second kappa shape index (κ2) is 5.60. The molecular formula is C19H14N4OS. The van der Waals surface area contributed by atoms with E-state index in [-0.39, 0.29) is 0 Å². The molecule has 0 atom stereocenters. The van der Waals surface area contributed by atoms with Gasteiger partial charge < -0.3 is 4.42 Å². The van der Waals surface area contributed by atoms with Crippen molar-refractivity contribution in [2.75, 3.05) is 5.75 Å². The molecule has 0 fully saturated rings. The van der Waals surface area contributed by atoms with Crippen molar-refractivity contribution in [2.45, 2.75) is 12.1 Å². The molecule has 0 bridgehead atoms. The van der Waals surface area contributed by atoms with Crippen LogP contribution in [0.15, 0.2) is 69.3 Å². The van der Waals surface area contributed by atoms with Crippen LogP contribution in [0.1, 0.15) is 11.3 Å². The monoisotopic (exact) mass is 346 g/mol. The van der Waals surface area contributed by atoms with Crippen molar-refractivity contribution in [1.82, 2.24) is 14.9 Å². The summed E-state index contributed by atoms with van der Waals surface area (Å²) in [5.74, 6) is 2.27. The molecule has 0 saturated heterocycles. The lowest BCUT2D eigenvalue weighted by molar-refractivity contribution is 0.601. The Morgan fingerprint density at radius 2 is 1.88 bits per heavy atom. The molecule has 3 heterocycles. The predicted molar refractivity (Wildman–Crippen MR) is 99.1 cm³/mol. The van der Waals surface area contributed by atoms with Gasteiger partial charge in [0.05, 0.1) is 0 Å². The maximum Gasteiger partial charge on any atom is 0.212 e. The van der Waals surface area contributed by atoms with Crippen LogP contribution in [-0.2, 0) is 0 Å². The minimum absolute atomic E-state index is 0.714. The Morgan fingerprint density at radius 1 is 1.04 bits per heavy atom. The number of benzene rings is 2. The first-order chi connectivity index (χ1) is 12.3. The van der Waals surface area contributed by atoms with Gasteiger partial charge in [-0.2, -0.15) is 9.78 Å². The molecule has 6 heteroatoms. The molecule has 25 heavy (non-hydrogen) atoms. The first-order valence-electron chi connectivity index (χ1n) is 8.00. The summed E-state index contributed by atoms with van der Waals surface area (Å²) in [6.07, 6.45) is 0. The molecule has 1 aliphatic rings. The third-order valence-corrected chi connectivity index (χ3v) is 5.20. The number of thioether (sulfide) groups is 1. The van der Waals surface area contributed by atoms with Gasteiger partial charge in [0, 0.05) is 16.7 Å². The van der Waals surface area contributed by atoms with Crippen LogP contribution in [0.25, 0.3) is 22.4 Å². The quantitative estimate of drug-likeness (QED) is 0.541. The van der Waals surface area contributed by atoms with Crippen molar-refractivity contribution in [3.63, 3.8) is 0 Å². The topological polar surface area (TPSA) is 56.2 Å². The van der Waals surface area contributed by atoms with Crippen molar-refractivity contribution in [3.8, 4) is 11.4 Å². The highest BCUT2D eigenvalue weighted by atomic mass is 32.2. The Labute approximate surface area is 148 Å². The van der Waals surface area contributed by atoms with E-state index in [4.69, 9.17) is 9.52 Å². The second-order valence-corrected chi connectivity index (χ2v) is 6.86. The van der Waals surface area contributed by atoms with E-state index in [0.717, 1.165) is 44.5 Å². The highest BCUT2D eigenvalue weighted by Gasteiger charge is 2.23. The maximum atomic E-state index is 5.97. The lowest BCUT2D eigenvalue weighted by Crippen LogP contribution is -2.13.